The highest BCUT2D eigenvalue weighted by Crippen LogP contribution is 2.29. The van der Waals surface area contributed by atoms with Crippen LogP contribution in [0.15, 0.2) is 71.9 Å². The molecule has 0 aliphatic rings. The molecule has 5 heteroatoms. The molecule has 0 saturated heterocycles. The molecule has 0 amide bonds. The molecule has 0 N–H and O–H groups in total. The molecule has 130 valence electrons. The van der Waals surface area contributed by atoms with E-state index in [1.54, 1.807) is 11.8 Å². The van der Waals surface area contributed by atoms with E-state index in [4.69, 9.17) is 11.6 Å². The summed E-state index contributed by atoms with van der Waals surface area (Å²) in [6.45, 7) is 2.92. The van der Waals surface area contributed by atoms with E-state index in [2.05, 4.69) is 64.2 Å². The average molecular weight is 380 g/mol. The average Bonchev–Trinajstić information content (AvgIpc) is 3.09. The zero-order chi connectivity index (χ0) is 17.9. The van der Waals surface area contributed by atoms with E-state index in [0.717, 1.165) is 28.8 Å². The molecule has 1 heterocycles. The Kier molecular flexibility index (Phi) is 4.96. The zero-order valence-electron chi connectivity index (χ0n) is 14.4. The number of hydrogen-bond acceptors (Lipinski definition) is 3. The molecule has 26 heavy (non-hydrogen) atoms. The summed E-state index contributed by atoms with van der Waals surface area (Å²) in [5.74, 6) is 1.71. The Labute approximate surface area is 162 Å². The minimum Gasteiger partial charge on any atom is -0.302 e. The van der Waals surface area contributed by atoms with E-state index in [1.165, 1.54) is 16.3 Å². The maximum Gasteiger partial charge on any atom is 0.191 e. The number of rotatable bonds is 5. The second kappa shape index (κ2) is 7.52. The van der Waals surface area contributed by atoms with Crippen molar-refractivity contribution in [2.24, 2.45) is 0 Å². The Morgan fingerprint density at radius 1 is 0.962 bits per heavy atom. The zero-order valence-corrected chi connectivity index (χ0v) is 16.0. The van der Waals surface area contributed by atoms with Crippen LogP contribution in [-0.4, -0.2) is 14.8 Å². The number of aromatic nitrogens is 3. The third-order valence-electron chi connectivity index (χ3n) is 4.35. The first kappa shape index (κ1) is 17.1. The molecule has 4 rings (SSSR count). The Balaban J connectivity index is 1.63. The van der Waals surface area contributed by atoms with Gasteiger partial charge in [-0.05, 0) is 35.4 Å². The normalized spacial score (nSPS) is 11.2. The minimum absolute atomic E-state index is 0.707. The van der Waals surface area contributed by atoms with Crippen molar-refractivity contribution in [1.29, 1.82) is 0 Å². The predicted octanol–water partition coefficient (Wildman–Crippen LogP) is 6.06. The van der Waals surface area contributed by atoms with Gasteiger partial charge < -0.3 is 4.57 Å². The fourth-order valence-corrected chi connectivity index (χ4v) is 4.28. The molecule has 4 aromatic rings. The largest absolute Gasteiger partial charge is 0.302 e. The summed E-state index contributed by atoms with van der Waals surface area (Å²) in [7, 11) is 0. The molecular formula is C21H18ClN3S. The third-order valence-corrected chi connectivity index (χ3v) is 5.60. The summed E-state index contributed by atoms with van der Waals surface area (Å²) >= 11 is 7.85. The van der Waals surface area contributed by atoms with Crippen LogP contribution >= 0.6 is 23.4 Å². The molecule has 0 atom stereocenters. The topological polar surface area (TPSA) is 30.7 Å². The van der Waals surface area contributed by atoms with Crippen LogP contribution in [0.2, 0.25) is 5.02 Å². The molecule has 1 aromatic heterocycles. The molecule has 0 spiro atoms. The Hall–Kier alpha value is -2.30. The van der Waals surface area contributed by atoms with Crippen molar-refractivity contribution in [3.05, 3.63) is 77.3 Å². The number of nitrogens with zero attached hydrogens (tertiary/aromatic N) is 3. The van der Waals surface area contributed by atoms with Gasteiger partial charge in [0.2, 0.25) is 0 Å². The van der Waals surface area contributed by atoms with Crippen LogP contribution in [0.4, 0.5) is 0 Å². The predicted molar refractivity (Wildman–Crippen MR) is 110 cm³/mol. The fraction of sp³-hybridized carbons (Fsp3) is 0.143. The lowest BCUT2D eigenvalue weighted by molar-refractivity contribution is 0.687. The second-order valence-corrected chi connectivity index (χ2v) is 7.37. The molecule has 0 radical (unpaired) electrons. The smallest absolute Gasteiger partial charge is 0.191 e. The molecule has 0 aliphatic heterocycles. The van der Waals surface area contributed by atoms with E-state index in [0.29, 0.717) is 5.02 Å². The van der Waals surface area contributed by atoms with Crippen LogP contribution in [0.25, 0.3) is 22.2 Å². The van der Waals surface area contributed by atoms with Gasteiger partial charge >= 0.3 is 0 Å². The molecule has 3 aromatic carbocycles. The van der Waals surface area contributed by atoms with Crippen molar-refractivity contribution in [2.75, 3.05) is 0 Å². The summed E-state index contributed by atoms with van der Waals surface area (Å²) in [5, 5.41) is 13.0. The van der Waals surface area contributed by atoms with E-state index < -0.39 is 0 Å². The summed E-state index contributed by atoms with van der Waals surface area (Å²) in [4.78, 5) is 0. The standard InChI is InChI=1S/C21H18ClN3S/c1-2-25-20(16-9-6-11-18(22)13-16)23-24-21(25)26-14-17-10-5-8-15-7-3-4-12-19(15)17/h3-13H,2,14H2,1H3. The van der Waals surface area contributed by atoms with Gasteiger partial charge in [-0.2, -0.15) is 0 Å². The number of hydrogen-bond donors (Lipinski definition) is 0. The maximum atomic E-state index is 6.13. The summed E-state index contributed by atoms with van der Waals surface area (Å²) < 4.78 is 2.14. The second-order valence-electron chi connectivity index (χ2n) is 5.99. The monoisotopic (exact) mass is 379 g/mol. The fourth-order valence-electron chi connectivity index (χ4n) is 3.08. The Bertz CT molecular complexity index is 1050. The molecule has 3 nitrogen and oxygen atoms in total. The molecule has 0 unspecified atom stereocenters. The van der Waals surface area contributed by atoms with Crippen LogP contribution in [0, 0.1) is 0 Å². The number of benzene rings is 3. The number of thioether (sulfide) groups is 1. The van der Waals surface area contributed by atoms with E-state index in [-0.39, 0.29) is 0 Å². The van der Waals surface area contributed by atoms with Crippen molar-refractivity contribution in [1.82, 2.24) is 14.8 Å². The van der Waals surface area contributed by atoms with Crippen LogP contribution in [0.3, 0.4) is 0 Å². The van der Waals surface area contributed by atoms with Crippen LogP contribution in [0.5, 0.6) is 0 Å². The molecule has 0 saturated carbocycles. The van der Waals surface area contributed by atoms with Gasteiger partial charge in [0.05, 0.1) is 0 Å². The number of halogens is 1. The first-order valence-electron chi connectivity index (χ1n) is 8.55. The van der Waals surface area contributed by atoms with Gasteiger partial charge in [-0.15, -0.1) is 10.2 Å². The molecule has 0 bridgehead atoms. The van der Waals surface area contributed by atoms with E-state index in [9.17, 15) is 0 Å². The highest BCUT2D eigenvalue weighted by atomic mass is 35.5. The lowest BCUT2D eigenvalue weighted by Gasteiger charge is -2.09. The van der Waals surface area contributed by atoms with Gasteiger partial charge in [-0.25, -0.2) is 0 Å². The minimum atomic E-state index is 0.707. The van der Waals surface area contributed by atoms with E-state index in [1.807, 2.05) is 24.3 Å². The maximum absolute atomic E-state index is 6.13. The summed E-state index contributed by atoms with van der Waals surface area (Å²) in [6.07, 6.45) is 0. The van der Waals surface area contributed by atoms with Gasteiger partial charge in [0.15, 0.2) is 11.0 Å². The van der Waals surface area contributed by atoms with Crippen molar-refractivity contribution in [3.63, 3.8) is 0 Å². The highest BCUT2D eigenvalue weighted by molar-refractivity contribution is 7.98. The lowest BCUT2D eigenvalue weighted by atomic mass is 10.1. The van der Waals surface area contributed by atoms with Crippen molar-refractivity contribution >= 4 is 34.1 Å². The molecule has 0 fully saturated rings. The quantitative estimate of drug-likeness (QED) is 0.394. The van der Waals surface area contributed by atoms with Gasteiger partial charge in [0.1, 0.15) is 0 Å². The van der Waals surface area contributed by atoms with Gasteiger partial charge in [-0.3, -0.25) is 0 Å². The van der Waals surface area contributed by atoms with Gasteiger partial charge in [0.25, 0.3) is 0 Å². The van der Waals surface area contributed by atoms with Crippen molar-refractivity contribution in [3.8, 4) is 11.4 Å². The molecular weight excluding hydrogens is 362 g/mol. The van der Waals surface area contributed by atoms with Gasteiger partial charge in [0, 0.05) is 22.9 Å². The summed E-state index contributed by atoms with van der Waals surface area (Å²) in [6, 6.07) is 22.7. The van der Waals surface area contributed by atoms with Crippen molar-refractivity contribution in [2.45, 2.75) is 24.4 Å². The van der Waals surface area contributed by atoms with Crippen LogP contribution < -0.4 is 0 Å². The van der Waals surface area contributed by atoms with Crippen molar-refractivity contribution < 1.29 is 0 Å². The van der Waals surface area contributed by atoms with E-state index >= 15 is 0 Å². The first-order chi connectivity index (χ1) is 12.8. The SMILES string of the molecule is CCn1c(SCc2cccc3ccccc23)nnc1-c1cccc(Cl)c1. The van der Waals surface area contributed by atoms with Crippen LogP contribution in [0.1, 0.15) is 12.5 Å². The first-order valence-corrected chi connectivity index (χ1v) is 9.91. The Morgan fingerprint density at radius 2 is 1.77 bits per heavy atom. The van der Waals surface area contributed by atoms with Crippen LogP contribution in [-0.2, 0) is 12.3 Å². The summed E-state index contributed by atoms with van der Waals surface area (Å²) in [5.41, 5.74) is 2.30. The highest BCUT2D eigenvalue weighted by Gasteiger charge is 2.14. The number of fused-ring (bicyclic) bond motifs is 1. The molecule has 0 aliphatic carbocycles. The third kappa shape index (κ3) is 3.35. The Morgan fingerprint density at radius 3 is 2.62 bits per heavy atom. The van der Waals surface area contributed by atoms with Gasteiger partial charge in [-0.1, -0.05) is 78.0 Å². The lowest BCUT2D eigenvalue weighted by Crippen LogP contribution is -2.00.